The Kier molecular flexibility index (Phi) is 5.17. The molecule has 0 aliphatic carbocycles. The minimum absolute atomic E-state index is 0.569. The van der Waals surface area contributed by atoms with E-state index in [-0.39, 0.29) is 0 Å². The molecule has 1 aliphatic rings. The lowest BCUT2D eigenvalue weighted by Crippen LogP contribution is -2.11. The molecule has 16 heavy (non-hydrogen) atoms. The summed E-state index contributed by atoms with van der Waals surface area (Å²) >= 11 is 0. The van der Waals surface area contributed by atoms with Crippen LogP contribution in [0.5, 0.6) is 0 Å². The summed E-state index contributed by atoms with van der Waals surface area (Å²) in [5.74, 6) is 2.30. The molecule has 0 radical (unpaired) electrons. The van der Waals surface area contributed by atoms with E-state index in [1.807, 2.05) is 13.0 Å². The highest BCUT2D eigenvalue weighted by Gasteiger charge is 2.14. The van der Waals surface area contributed by atoms with Gasteiger partial charge in [-0.3, -0.25) is 0 Å². The van der Waals surface area contributed by atoms with Gasteiger partial charge in [-0.25, -0.2) is 0 Å². The zero-order valence-corrected chi connectivity index (χ0v) is 10.7. The minimum Gasteiger partial charge on any atom is -0.490 e. The molecule has 90 valence electrons. The fourth-order valence-corrected chi connectivity index (χ4v) is 1.50. The van der Waals surface area contributed by atoms with Crippen molar-refractivity contribution in [3.63, 3.8) is 0 Å². The first-order valence-electron chi connectivity index (χ1n) is 5.96. The molecule has 0 aromatic carbocycles. The second kappa shape index (κ2) is 6.41. The molecule has 2 nitrogen and oxygen atoms in total. The molecule has 1 heterocycles. The maximum Gasteiger partial charge on any atom is 0.160 e. The summed E-state index contributed by atoms with van der Waals surface area (Å²) < 4.78 is 11.2. The van der Waals surface area contributed by atoms with Crippen LogP contribution in [0.15, 0.2) is 35.3 Å². The highest BCUT2D eigenvalue weighted by Crippen LogP contribution is 2.23. The van der Waals surface area contributed by atoms with Crippen LogP contribution in [-0.4, -0.2) is 13.2 Å². The third-order valence-corrected chi connectivity index (χ3v) is 2.38. The summed E-state index contributed by atoms with van der Waals surface area (Å²) in [6, 6.07) is 0. The predicted octanol–water partition coefficient (Wildman–Crippen LogP) is 3.81. The standard InChI is InChI=1S/C14H22O2/c1-5-15-13(7-6-11(2)3)14-10-12(4)8-9-16-14/h6-7,10,12H,5,8-9H2,1-4H3/b13-7-. The van der Waals surface area contributed by atoms with Gasteiger partial charge in [0.25, 0.3) is 0 Å². The van der Waals surface area contributed by atoms with Gasteiger partial charge in [-0.1, -0.05) is 18.6 Å². The summed E-state index contributed by atoms with van der Waals surface area (Å²) in [4.78, 5) is 0. The molecule has 0 N–H and O–H groups in total. The van der Waals surface area contributed by atoms with Crippen LogP contribution in [-0.2, 0) is 9.47 Å². The van der Waals surface area contributed by atoms with Crippen LogP contribution in [0.4, 0.5) is 0 Å². The van der Waals surface area contributed by atoms with Crippen molar-refractivity contribution in [2.75, 3.05) is 13.2 Å². The molecule has 0 bridgehead atoms. The van der Waals surface area contributed by atoms with Crippen molar-refractivity contribution < 1.29 is 9.47 Å². The Morgan fingerprint density at radius 3 is 2.81 bits per heavy atom. The topological polar surface area (TPSA) is 18.5 Å². The van der Waals surface area contributed by atoms with Crippen molar-refractivity contribution in [2.45, 2.75) is 34.1 Å². The Labute approximate surface area is 98.6 Å². The summed E-state index contributed by atoms with van der Waals surface area (Å²) in [6.45, 7) is 9.78. The molecule has 0 fully saturated rings. The highest BCUT2D eigenvalue weighted by molar-refractivity contribution is 5.27. The smallest absolute Gasteiger partial charge is 0.160 e. The average Bonchev–Trinajstić information content (AvgIpc) is 2.24. The molecule has 0 saturated heterocycles. The summed E-state index contributed by atoms with van der Waals surface area (Å²) in [6.07, 6.45) is 7.27. The zero-order chi connectivity index (χ0) is 12.0. The molecule has 0 aromatic heterocycles. The van der Waals surface area contributed by atoms with Crippen molar-refractivity contribution in [3.05, 3.63) is 35.3 Å². The van der Waals surface area contributed by atoms with E-state index in [0.29, 0.717) is 12.5 Å². The monoisotopic (exact) mass is 222 g/mol. The SMILES string of the molecule is CCO/C(=C\C=C(C)C)C1=CC(C)CCO1. The van der Waals surface area contributed by atoms with Gasteiger partial charge in [-0.2, -0.15) is 0 Å². The number of allylic oxidation sites excluding steroid dienone is 4. The molecule has 0 spiro atoms. The Morgan fingerprint density at radius 1 is 1.50 bits per heavy atom. The number of hydrogen-bond acceptors (Lipinski definition) is 2. The molecule has 1 unspecified atom stereocenters. The van der Waals surface area contributed by atoms with Crippen LogP contribution in [0.3, 0.4) is 0 Å². The van der Waals surface area contributed by atoms with Crippen LogP contribution in [0.25, 0.3) is 0 Å². The number of hydrogen-bond donors (Lipinski definition) is 0. The van der Waals surface area contributed by atoms with Crippen molar-refractivity contribution >= 4 is 0 Å². The van der Waals surface area contributed by atoms with Gasteiger partial charge in [-0.05, 0) is 45.3 Å². The summed E-state index contributed by atoms with van der Waals surface area (Å²) in [5, 5.41) is 0. The second-order valence-electron chi connectivity index (χ2n) is 4.35. The van der Waals surface area contributed by atoms with Crippen LogP contribution < -0.4 is 0 Å². The minimum atomic E-state index is 0.569. The van der Waals surface area contributed by atoms with Crippen molar-refractivity contribution in [1.82, 2.24) is 0 Å². The van der Waals surface area contributed by atoms with Crippen LogP contribution in [0, 0.1) is 5.92 Å². The zero-order valence-electron chi connectivity index (χ0n) is 10.7. The van der Waals surface area contributed by atoms with Gasteiger partial charge in [0.1, 0.15) is 0 Å². The largest absolute Gasteiger partial charge is 0.490 e. The van der Waals surface area contributed by atoms with E-state index >= 15 is 0 Å². The predicted molar refractivity (Wildman–Crippen MR) is 67.0 cm³/mol. The summed E-state index contributed by atoms with van der Waals surface area (Å²) in [5.41, 5.74) is 1.25. The molecular weight excluding hydrogens is 200 g/mol. The van der Waals surface area contributed by atoms with E-state index in [1.54, 1.807) is 0 Å². The van der Waals surface area contributed by atoms with Crippen molar-refractivity contribution in [2.24, 2.45) is 5.92 Å². The van der Waals surface area contributed by atoms with Crippen LogP contribution >= 0.6 is 0 Å². The molecule has 1 atom stereocenters. The molecule has 1 rings (SSSR count). The normalized spacial score (nSPS) is 20.9. The Hall–Kier alpha value is -1.18. The molecular formula is C14H22O2. The van der Waals surface area contributed by atoms with E-state index in [4.69, 9.17) is 9.47 Å². The fraction of sp³-hybridized carbons (Fsp3) is 0.571. The Morgan fingerprint density at radius 2 is 2.25 bits per heavy atom. The van der Waals surface area contributed by atoms with Crippen molar-refractivity contribution in [3.8, 4) is 0 Å². The number of rotatable bonds is 4. The maximum absolute atomic E-state index is 5.63. The maximum atomic E-state index is 5.63. The van der Waals surface area contributed by atoms with E-state index < -0.39 is 0 Å². The van der Waals surface area contributed by atoms with E-state index in [0.717, 1.165) is 24.5 Å². The molecule has 0 saturated carbocycles. The van der Waals surface area contributed by atoms with Gasteiger partial charge in [0.2, 0.25) is 0 Å². The Bertz CT molecular complexity index is 307. The number of ether oxygens (including phenoxy) is 2. The molecule has 1 aliphatic heterocycles. The van der Waals surface area contributed by atoms with E-state index in [1.165, 1.54) is 5.57 Å². The van der Waals surface area contributed by atoms with Gasteiger partial charge >= 0.3 is 0 Å². The fourth-order valence-electron chi connectivity index (χ4n) is 1.50. The van der Waals surface area contributed by atoms with Gasteiger partial charge in [0.05, 0.1) is 13.2 Å². The highest BCUT2D eigenvalue weighted by atomic mass is 16.5. The van der Waals surface area contributed by atoms with Gasteiger partial charge in [0, 0.05) is 0 Å². The molecule has 0 aromatic rings. The van der Waals surface area contributed by atoms with E-state index in [9.17, 15) is 0 Å². The quantitative estimate of drug-likeness (QED) is 0.532. The lowest BCUT2D eigenvalue weighted by molar-refractivity contribution is 0.137. The van der Waals surface area contributed by atoms with Gasteiger partial charge < -0.3 is 9.47 Å². The van der Waals surface area contributed by atoms with E-state index in [2.05, 4.69) is 32.9 Å². The first-order valence-corrected chi connectivity index (χ1v) is 5.96. The van der Waals surface area contributed by atoms with Crippen LogP contribution in [0.1, 0.15) is 34.1 Å². The third-order valence-electron chi connectivity index (χ3n) is 2.38. The average molecular weight is 222 g/mol. The molecule has 0 amide bonds. The second-order valence-corrected chi connectivity index (χ2v) is 4.35. The van der Waals surface area contributed by atoms with Gasteiger partial charge in [0.15, 0.2) is 11.5 Å². The lowest BCUT2D eigenvalue weighted by atomic mass is 10.1. The Balaban J connectivity index is 2.84. The third kappa shape index (κ3) is 4.13. The lowest BCUT2D eigenvalue weighted by Gasteiger charge is -2.21. The molecule has 2 heteroatoms. The summed E-state index contributed by atoms with van der Waals surface area (Å²) in [7, 11) is 0. The van der Waals surface area contributed by atoms with Gasteiger partial charge in [-0.15, -0.1) is 0 Å². The van der Waals surface area contributed by atoms with Crippen LogP contribution in [0.2, 0.25) is 0 Å². The van der Waals surface area contributed by atoms with Crippen molar-refractivity contribution in [1.29, 1.82) is 0 Å². The first kappa shape index (κ1) is 12.9. The first-order chi connectivity index (χ1) is 7.63.